The number of carbonyl (C=O) groups is 1. The lowest BCUT2D eigenvalue weighted by molar-refractivity contribution is -0.117. The molecule has 1 aliphatic heterocycles. The predicted octanol–water partition coefficient (Wildman–Crippen LogP) is 2.11. The van der Waals surface area contributed by atoms with Gasteiger partial charge < -0.3 is 9.84 Å². The molecule has 0 saturated heterocycles. The van der Waals surface area contributed by atoms with Crippen LogP contribution in [0.4, 0.5) is 5.82 Å². The van der Waals surface area contributed by atoms with Crippen molar-refractivity contribution in [3.8, 4) is 0 Å². The summed E-state index contributed by atoms with van der Waals surface area (Å²) in [6.45, 7) is 3.74. The number of hydrogen-bond donors (Lipinski definition) is 1. The fourth-order valence-electron chi connectivity index (χ4n) is 2.51. The van der Waals surface area contributed by atoms with Gasteiger partial charge in [0, 0.05) is 31.5 Å². The molecular weight excluding hydrogens is 280 g/mol. The number of aromatic nitrogens is 2. The minimum absolute atomic E-state index is 0.0827. The maximum absolute atomic E-state index is 12.1. The molecule has 2 aromatic rings. The van der Waals surface area contributed by atoms with Crippen LogP contribution in [0.3, 0.4) is 0 Å². The Morgan fingerprint density at radius 1 is 1.50 bits per heavy atom. The van der Waals surface area contributed by atoms with Gasteiger partial charge in [-0.05, 0) is 30.5 Å². The lowest BCUT2D eigenvalue weighted by atomic mass is 10.0. The summed E-state index contributed by atoms with van der Waals surface area (Å²) in [6.07, 6.45) is 6.76. The van der Waals surface area contributed by atoms with E-state index in [-0.39, 0.29) is 5.91 Å². The first kappa shape index (κ1) is 14.5. The van der Waals surface area contributed by atoms with Gasteiger partial charge in [0.1, 0.15) is 5.76 Å². The zero-order valence-electron chi connectivity index (χ0n) is 12.5. The maximum atomic E-state index is 12.1. The zero-order chi connectivity index (χ0) is 15.4. The molecule has 3 heterocycles. The SMILES string of the molecule is Cc1cc(NC(=O)CN2CCC=C(c3cccnc3)C2)no1. The number of carbonyl (C=O) groups excluding carboxylic acids is 1. The quantitative estimate of drug-likeness (QED) is 0.936. The van der Waals surface area contributed by atoms with Gasteiger partial charge in [-0.1, -0.05) is 17.3 Å². The monoisotopic (exact) mass is 298 g/mol. The molecule has 1 aliphatic rings. The van der Waals surface area contributed by atoms with Crippen molar-refractivity contribution in [1.29, 1.82) is 0 Å². The largest absolute Gasteiger partial charge is 0.360 e. The van der Waals surface area contributed by atoms with Gasteiger partial charge in [0.2, 0.25) is 5.91 Å². The summed E-state index contributed by atoms with van der Waals surface area (Å²) < 4.78 is 4.94. The van der Waals surface area contributed by atoms with E-state index in [1.807, 2.05) is 18.3 Å². The highest BCUT2D eigenvalue weighted by molar-refractivity contribution is 5.91. The lowest BCUT2D eigenvalue weighted by Gasteiger charge is -2.26. The van der Waals surface area contributed by atoms with Crippen LogP contribution in [0.1, 0.15) is 17.7 Å². The Balaban J connectivity index is 1.57. The van der Waals surface area contributed by atoms with E-state index in [0.29, 0.717) is 18.1 Å². The van der Waals surface area contributed by atoms with Crippen molar-refractivity contribution in [2.75, 3.05) is 25.0 Å². The second-order valence-electron chi connectivity index (χ2n) is 5.34. The van der Waals surface area contributed by atoms with E-state index in [1.54, 1.807) is 19.2 Å². The molecule has 0 atom stereocenters. The Morgan fingerprint density at radius 3 is 3.14 bits per heavy atom. The van der Waals surface area contributed by atoms with E-state index in [0.717, 1.165) is 25.1 Å². The average Bonchev–Trinajstić information content (AvgIpc) is 2.93. The van der Waals surface area contributed by atoms with Crippen molar-refractivity contribution in [2.45, 2.75) is 13.3 Å². The average molecular weight is 298 g/mol. The number of rotatable bonds is 4. The molecule has 1 N–H and O–H groups in total. The van der Waals surface area contributed by atoms with E-state index < -0.39 is 0 Å². The van der Waals surface area contributed by atoms with Crippen molar-refractivity contribution >= 4 is 17.3 Å². The predicted molar refractivity (Wildman–Crippen MR) is 83.1 cm³/mol. The first-order valence-corrected chi connectivity index (χ1v) is 7.25. The summed E-state index contributed by atoms with van der Waals surface area (Å²) in [6, 6.07) is 5.67. The maximum Gasteiger partial charge on any atom is 0.239 e. The van der Waals surface area contributed by atoms with E-state index >= 15 is 0 Å². The van der Waals surface area contributed by atoms with Crippen LogP contribution in [0, 0.1) is 6.92 Å². The van der Waals surface area contributed by atoms with Gasteiger partial charge in [-0.3, -0.25) is 14.7 Å². The molecular formula is C16H18N4O2. The molecule has 0 radical (unpaired) electrons. The molecule has 6 heteroatoms. The Bertz CT molecular complexity index is 678. The van der Waals surface area contributed by atoms with Crippen molar-refractivity contribution in [1.82, 2.24) is 15.0 Å². The third kappa shape index (κ3) is 3.59. The number of amides is 1. The van der Waals surface area contributed by atoms with Crippen LogP contribution in [0.2, 0.25) is 0 Å². The molecule has 0 saturated carbocycles. The van der Waals surface area contributed by atoms with Crippen molar-refractivity contribution in [3.63, 3.8) is 0 Å². The van der Waals surface area contributed by atoms with Gasteiger partial charge in [-0.2, -0.15) is 0 Å². The summed E-state index contributed by atoms with van der Waals surface area (Å²) >= 11 is 0. The topological polar surface area (TPSA) is 71.3 Å². The second-order valence-corrected chi connectivity index (χ2v) is 5.34. The van der Waals surface area contributed by atoms with Crippen LogP contribution in [0.15, 0.2) is 41.2 Å². The van der Waals surface area contributed by atoms with Gasteiger partial charge in [0.15, 0.2) is 5.82 Å². The first-order valence-electron chi connectivity index (χ1n) is 7.25. The van der Waals surface area contributed by atoms with Crippen LogP contribution in [-0.2, 0) is 4.79 Å². The third-order valence-corrected chi connectivity index (χ3v) is 3.53. The van der Waals surface area contributed by atoms with Crippen LogP contribution in [0.5, 0.6) is 0 Å². The fraction of sp³-hybridized carbons (Fsp3) is 0.312. The summed E-state index contributed by atoms with van der Waals surface area (Å²) in [5.41, 5.74) is 2.32. The summed E-state index contributed by atoms with van der Waals surface area (Å²) in [7, 11) is 0. The molecule has 0 bridgehead atoms. The molecule has 0 aliphatic carbocycles. The van der Waals surface area contributed by atoms with Gasteiger partial charge in [0.25, 0.3) is 0 Å². The summed E-state index contributed by atoms with van der Waals surface area (Å²) in [4.78, 5) is 18.3. The molecule has 2 aromatic heterocycles. The molecule has 3 rings (SSSR count). The highest BCUT2D eigenvalue weighted by atomic mass is 16.5. The molecule has 22 heavy (non-hydrogen) atoms. The molecule has 0 aromatic carbocycles. The summed E-state index contributed by atoms with van der Waals surface area (Å²) in [5.74, 6) is 1.05. The van der Waals surface area contributed by atoms with Crippen molar-refractivity contribution in [2.24, 2.45) is 0 Å². The van der Waals surface area contributed by atoms with Crippen LogP contribution >= 0.6 is 0 Å². The molecule has 6 nitrogen and oxygen atoms in total. The number of nitrogens with zero attached hydrogens (tertiary/aromatic N) is 3. The normalized spacial score (nSPS) is 15.4. The highest BCUT2D eigenvalue weighted by Gasteiger charge is 2.17. The smallest absolute Gasteiger partial charge is 0.239 e. The van der Waals surface area contributed by atoms with Crippen molar-refractivity contribution in [3.05, 3.63) is 48.0 Å². The number of pyridine rings is 1. The molecule has 114 valence electrons. The minimum atomic E-state index is -0.0827. The highest BCUT2D eigenvalue weighted by Crippen LogP contribution is 2.19. The van der Waals surface area contributed by atoms with E-state index in [4.69, 9.17) is 4.52 Å². The fourth-order valence-corrected chi connectivity index (χ4v) is 2.51. The first-order chi connectivity index (χ1) is 10.7. The minimum Gasteiger partial charge on any atom is -0.360 e. The second kappa shape index (κ2) is 6.53. The van der Waals surface area contributed by atoms with Crippen molar-refractivity contribution < 1.29 is 9.32 Å². The Hall–Kier alpha value is -2.47. The van der Waals surface area contributed by atoms with E-state index in [9.17, 15) is 4.79 Å². The lowest BCUT2D eigenvalue weighted by Crippen LogP contribution is -2.36. The molecule has 1 amide bonds. The summed E-state index contributed by atoms with van der Waals surface area (Å²) in [5, 5.41) is 6.51. The molecule has 0 fully saturated rings. The van der Waals surface area contributed by atoms with E-state index in [1.165, 1.54) is 5.57 Å². The number of aryl methyl sites for hydroxylation is 1. The van der Waals surface area contributed by atoms with Gasteiger partial charge in [-0.15, -0.1) is 0 Å². The van der Waals surface area contributed by atoms with Gasteiger partial charge >= 0.3 is 0 Å². The van der Waals surface area contributed by atoms with Gasteiger partial charge in [-0.25, -0.2) is 0 Å². The van der Waals surface area contributed by atoms with Gasteiger partial charge in [0.05, 0.1) is 6.54 Å². The molecule has 0 unspecified atom stereocenters. The number of hydrogen-bond acceptors (Lipinski definition) is 5. The Kier molecular flexibility index (Phi) is 4.29. The van der Waals surface area contributed by atoms with Crippen LogP contribution in [0.25, 0.3) is 5.57 Å². The standard InChI is InChI=1S/C16H18N4O2/c1-12-8-15(19-22-12)18-16(21)11-20-7-3-5-14(10-20)13-4-2-6-17-9-13/h2,4-6,8-9H,3,7,10-11H2,1H3,(H,18,19,21). The van der Waals surface area contributed by atoms with E-state index in [2.05, 4.69) is 26.4 Å². The van der Waals surface area contributed by atoms with Crippen LogP contribution < -0.4 is 5.32 Å². The van der Waals surface area contributed by atoms with Crippen LogP contribution in [-0.4, -0.2) is 40.6 Å². The molecule has 0 spiro atoms. The Morgan fingerprint density at radius 2 is 2.41 bits per heavy atom. The number of nitrogens with one attached hydrogen (secondary N) is 1. The number of anilines is 1. The zero-order valence-corrected chi connectivity index (χ0v) is 12.5. The Labute approximate surface area is 128 Å². The third-order valence-electron chi connectivity index (χ3n) is 3.53.